The zero-order valence-electron chi connectivity index (χ0n) is 9.89. The van der Waals surface area contributed by atoms with Crippen LogP contribution >= 0.6 is 11.6 Å². The maximum atomic E-state index is 10.6. The highest BCUT2D eigenvalue weighted by Gasteiger charge is 2.08. The van der Waals surface area contributed by atoms with E-state index in [1.165, 1.54) is 30.5 Å². The summed E-state index contributed by atoms with van der Waals surface area (Å²) in [5.41, 5.74) is 2.61. The van der Waals surface area contributed by atoms with Gasteiger partial charge in [-0.1, -0.05) is 11.6 Å². The molecule has 0 aliphatic heterocycles. The van der Waals surface area contributed by atoms with E-state index in [9.17, 15) is 15.2 Å². The maximum absolute atomic E-state index is 10.6. The Morgan fingerprint density at radius 3 is 2.80 bits per heavy atom. The number of hydrogen-bond acceptors (Lipinski definition) is 7. The third kappa shape index (κ3) is 3.39. The second-order valence-electron chi connectivity index (χ2n) is 3.61. The molecule has 0 saturated heterocycles. The minimum absolute atomic E-state index is 0.122. The SMILES string of the molecule is O=[N+]([O-])c1ccc(O)c(/C=N\Nc2ccc(Cl)nn2)c1. The van der Waals surface area contributed by atoms with Gasteiger partial charge in [0.15, 0.2) is 11.0 Å². The Hall–Kier alpha value is -2.74. The monoisotopic (exact) mass is 293 g/mol. The van der Waals surface area contributed by atoms with E-state index in [1.54, 1.807) is 6.07 Å². The molecule has 20 heavy (non-hydrogen) atoms. The van der Waals surface area contributed by atoms with Crippen LogP contribution in [0.2, 0.25) is 5.15 Å². The first-order chi connectivity index (χ1) is 9.56. The Balaban J connectivity index is 2.12. The van der Waals surface area contributed by atoms with E-state index in [1.807, 2.05) is 0 Å². The highest BCUT2D eigenvalue weighted by atomic mass is 35.5. The summed E-state index contributed by atoms with van der Waals surface area (Å²) in [6.45, 7) is 0. The number of nitrogens with one attached hydrogen (secondary N) is 1. The number of non-ortho nitro benzene ring substituents is 1. The lowest BCUT2D eigenvalue weighted by Crippen LogP contribution is -1.96. The Kier molecular flexibility index (Phi) is 4.06. The van der Waals surface area contributed by atoms with E-state index in [0.717, 1.165) is 0 Å². The molecule has 102 valence electrons. The fourth-order valence-electron chi connectivity index (χ4n) is 1.30. The van der Waals surface area contributed by atoms with Crippen LogP contribution in [-0.4, -0.2) is 26.4 Å². The van der Waals surface area contributed by atoms with Crippen LogP contribution in [0.3, 0.4) is 0 Å². The van der Waals surface area contributed by atoms with Crippen LogP contribution in [-0.2, 0) is 0 Å². The molecule has 0 bridgehead atoms. The van der Waals surface area contributed by atoms with E-state index in [2.05, 4.69) is 20.7 Å². The van der Waals surface area contributed by atoms with E-state index in [0.29, 0.717) is 5.82 Å². The summed E-state index contributed by atoms with van der Waals surface area (Å²) in [7, 11) is 0. The molecule has 0 saturated carbocycles. The third-order valence-corrected chi connectivity index (χ3v) is 2.44. The van der Waals surface area contributed by atoms with E-state index >= 15 is 0 Å². The van der Waals surface area contributed by atoms with Crippen LogP contribution in [0.4, 0.5) is 11.5 Å². The van der Waals surface area contributed by atoms with Crippen molar-refractivity contribution in [3.63, 3.8) is 0 Å². The van der Waals surface area contributed by atoms with Crippen molar-refractivity contribution in [3.05, 3.63) is 51.2 Å². The minimum atomic E-state index is -0.561. The van der Waals surface area contributed by atoms with Crippen LogP contribution < -0.4 is 5.43 Å². The van der Waals surface area contributed by atoms with E-state index < -0.39 is 4.92 Å². The molecule has 0 unspecified atom stereocenters. The number of anilines is 1. The molecule has 0 radical (unpaired) electrons. The molecule has 0 atom stereocenters. The van der Waals surface area contributed by atoms with Crippen molar-refractivity contribution in [1.82, 2.24) is 10.2 Å². The number of nitrogens with zero attached hydrogens (tertiary/aromatic N) is 4. The predicted molar refractivity (Wildman–Crippen MR) is 73.0 cm³/mol. The normalized spacial score (nSPS) is 10.7. The number of nitro benzene ring substituents is 1. The van der Waals surface area contributed by atoms with Crippen molar-refractivity contribution < 1.29 is 10.0 Å². The van der Waals surface area contributed by atoms with Crippen molar-refractivity contribution in [2.45, 2.75) is 0 Å². The number of aromatic hydroxyl groups is 1. The fourth-order valence-corrected chi connectivity index (χ4v) is 1.40. The van der Waals surface area contributed by atoms with Crippen molar-refractivity contribution in [1.29, 1.82) is 0 Å². The minimum Gasteiger partial charge on any atom is -0.507 e. The summed E-state index contributed by atoms with van der Waals surface area (Å²) in [6.07, 6.45) is 1.23. The lowest BCUT2D eigenvalue weighted by molar-refractivity contribution is -0.384. The van der Waals surface area contributed by atoms with E-state index in [-0.39, 0.29) is 22.2 Å². The van der Waals surface area contributed by atoms with Gasteiger partial charge in [0, 0.05) is 17.7 Å². The second-order valence-corrected chi connectivity index (χ2v) is 4.00. The molecule has 8 nitrogen and oxygen atoms in total. The Bertz CT molecular complexity index is 660. The average molecular weight is 294 g/mol. The molecule has 1 heterocycles. The van der Waals surface area contributed by atoms with Gasteiger partial charge in [0.05, 0.1) is 11.1 Å². The number of phenolic OH excluding ortho intramolecular Hbond substituents is 1. The van der Waals surface area contributed by atoms with E-state index in [4.69, 9.17) is 11.6 Å². The zero-order chi connectivity index (χ0) is 14.5. The highest BCUT2D eigenvalue weighted by molar-refractivity contribution is 6.29. The summed E-state index contributed by atoms with van der Waals surface area (Å²) < 4.78 is 0. The van der Waals surface area contributed by atoms with Gasteiger partial charge in [-0.15, -0.1) is 10.2 Å². The number of hydrazone groups is 1. The number of benzene rings is 1. The lowest BCUT2D eigenvalue weighted by Gasteiger charge is -2.00. The van der Waals surface area contributed by atoms with Crippen molar-refractivity contribution in [2.75, 3.05) is 5.43 Å². The van der Waals surface area contributed by atoms with Gasteiger partial charge in [0.2, 0.25) is 0 Å². The van der Waals surface area contributed by atoms with Gasteiger partial charge in [-0.2, -0.15) is 5.10 Å². The molecule has 2 aromatic rings. The largest absolute Gasteiger partial charge is 0.507 e. The third-order valence-electron chi connectivity index (χ3n) is 2.24. The van der Waals surface area contributed by atoms with Gasteiger partial charge >= 0.3 is 0 Å². The van der Waals surface area contributed by atoms with Gasteiger partial charge in [-0.3, -0.25) is 15.5 Å². The first-order valence-corrected chi connectivity index (χ1v) is 5.70. The number of phenols is 1. The number of hydrogen-bond donors (Lipinski definition) is 2. The molecule has 0 aliphatic carbocycles. The summed E-state index contributed by atoms with van der Waals surface area (Å²) >= 11 is 5.57. The summed E-state index contributed by atoms with van der Waals surface area (Å²) in [6, 6.07) is 6.71. The fraction of sp³-hybridized carbons (Fsp3) is 0. The van der Waals surface area contributed by atoms with Crippen molar-refractivity contribution in [3.8, 4) is 5.75 Å². The molecule has 0 fully saturated rings. The Morgan fingerprint density at radius 2 is 2.15 bits per heavy atom. The smallest absolute Gasteiger partial charge is 0.270 e. The Morgan fingerprint density at radius 1 is 1.35 bits per heavy atom. The molecule has 2 N–H and O–H groups in total. The molecule has 0 spiro atoms. The average Bonchev–Trinajstić information content (AvgIpc) is 2.43. The van der Waals surface area contributed by atoms with Gasteiger partial charge < -0.3 is 5.11 Å². The molecule has 1 aromatic carbocycles. The van der Waals surface area contributed by atoms with Crippen molar-refractivity contribution >= 4 is 29.3 Å². The molecule has 9 heteroatoms. The predicted octanol–water partition coefficient (Wildman–Crippen LogP) is 2.19. The van der Waals surface area contributed by atoms with Crippen molar-refractivity contribution in [2.24, 2.45) is 5.10 Å². The molecular formula is C11H8ClN5O3. The molecule has 0 amide bonds. The first kappa shape index (κ1) is 13.7. The van der Waals surface area contributed by atoms with Crippen LogP contribution in [0, 0.1) is 10.1 Å². The molecule has 2 rings (SSSR count). The van der Waals surface area contributed by atoms with Crippen LogP contribution in [0.15, 0.2) is 35.4 Å². The van der Waals surface area contributed by atoms with Gasteiger partial charge in [-0.05, 0) is 18.2 Å². The van der Waals surface area contributed by atoms with Crippen LogP contribution in [0.25, 0.3) is 0 Å². The number of aromatic nitrogens is 2. The number of rotatable bonds is 4. The lowest BCUT2D eigenvalue weighted by atomic mass is 10.2. The van der Waals surface area contributed by atoms with Crippen LogP contribution in [0.5, 0.6) is 5.75 Å². The van der Waals surface area contributed by atoms with Gasteiger partial charge in [0.1, 0.15) is 5.75 Å². The van der Waals surface area contributed by atoms with Gasteiger partial charge in [0.25, 0.3) is 5.69 Å². The number of nitro groups is 1. The standard InChI is InChI=1S/C11H8ClN5O3/c12-10-3-4-11(16-14-10)15-13-6-7-5-8(17(19)20)1-2-9(7)18/h1-6,18H,(H,15,16)/b13-6-. The number of halogens is 1. The summed E-state index contributed by atoms with van der Waals surface area (Å²) in [4.78, 5) is 10.1. The Labute approximate surface area is 117 Å². The zero-order valence-corrected chi connectivity index (χ0v) is 10.7. The topological polar surface area (TPSA) is 114 Å². The molecular weight excluding hydrogens is 286 g/mol. The summed E-state index contributed by atoms with van der Waals surface area (Å²) in [5, 5.41) is 31.5. The maximum Gasteiger partial charge on any atom is 0.270 e. The quantitative estimate of drug-likeness (QED) is 0.507. The first-order valence-electron chi connectivity index (χ1n) is 5.32. The van der Waals surface area contributed by atoms with Crippen LogP contribution in [0.1, 0.15) is 5.56 Å². The summed E-state index contributed by atoms with van der Waals surface area (Å²) in [5.74, 6) is 0.221. The highest BCUT2D eigenvalue weighted by Crippen LogP contribution is 2.21. The van der Waals surface area contributed by atoms with Gasteiger partial charge in [-0.25, -0.2) is 0 Å². The molecule has 0 aliphatic rings. The molecule has 1 aromatic heterocycles. The second kappa shape index (κ2) is 5.93.